The van der Waals surface area contributed by atoms with Gasteiger partial charge in [0.15, 0.2) is 5.78 Å². The summed E-state index contributed by atoms with van der Waals surface area (Å²) in [6, 6.07) is 8.62. The van der Waals surface area contributed by atoms with Crippen molar-refractivity contribution in [3.63, 3.8) is 0 Å². The van der Waals surface area contributed by atoms with E-state index in [9.17, 15) is 9.90 Å². The highest BCUT2D eigenvalue weighted by Crippen LogP contribution is 2.35. The van der Waals surface area contributed by atoms with E-state index in [-0.39, 0.29) is 37.1 Å². The Morgan fingerprint density at radius 2 is 1.56 bits per heavy atom. The van der Waals surface area contributed by atoms with Crippen molar-refractivity contribution in [3.8, 4) is 5.75 Å². The molecule has 1 fully saturated rings. The highest BCUT2D eigenvalue weighted by atomic mass is 16.5. The highest BCUT2D eigenvalue weighted by molar-refractivity contribution is 5.95. The minimum absolute atomic E-state index is 0.0914. The van der Waals surface area contributed by atoms with Crippen LogP contribution in [0, 0.1) is 17.8 Å². The van der Waals surface area contributed by atoms with E-state index < -0.39 is 0 Å². The van der Waals surface area contributed by atoms with Crippen molar-refractivity contribution in [1.29, 1.82) is 0 Å². The molecule has 0 aliphatic heterocycles. The quantitative estimate of drug-likeness (QED) is 0.0638. The van der Waals surface area contributed by atoms with Crippen molar-refractivity contribution in [2.45, 2.75) is 84.0 Å². The van der Waals surface area contributed by atoms with Crippen molar-refractivity contribution in [3.05, 3.63) is 66.5 Å². The van der Waals surface area contributed by atoms with E-state index in [0.29, 0.717) is 30.5 Å². The Balaban J connectivity index is 1.66. The predicted molar refractivity (Wildman–Crippen MR) is 166 cm³/mol. The summed E-state index contributed by atoms with van der Waals surface area (Å²) in [6.07, 6.45) is 14.3. The third-order valence-corrected chi connectivity index (χ3v) is 8.22. The Morgan fingerprint density at radius 1 is 0.902 bits per heavy atom. The zero-order valence-electron chi connectivity index (χ0n) is 25.4. The summed E-state index contributed by atoms with van der Waals surface area (Å²) in [6.45, 7) is 14.3. The number of hydrogen-bond acceptors (Lipinski definition) is 6. The van der Waals surface area contributed by atoms with E-state index in [0.717, 1.165) is 44.0 Å². The molecular weight excluding hydrogens is 516 g/mol. The van der Waals surface area contributed by atoms with Gasteiger partial charge in [0, 0.05) is 17.1 Å². The molecule has 1 aromatic rings. The van der Waals surface area contributed by atoms with Gasteiger partial charge in [-0.15, -0.1) is 0 Å². The molecule has 0 amide bonds. The molecule has 2 rings (SSSR count). The molecule has 0 bridgehead atoms. The monoisotopic (exact) mass is 570 g/mol. The molecule has 0 radical (unpaired) electrons. The van der Waals surface area contributed by atoms with Crippen molar-refractivity contribution in [2.75, 3.05) is 39.6 Å². The Labute approximate surface area is 248 Å². The van der Waals surface area contributed by atoms with E-state index >= 15 is 0 Å². The van der Waals surface area contributed by atoms with Crippen LogP contribution >= 0.6 is 0 Å². The number of ether oxygens (including phenoxy) is 3. The van der Waals surface area contributed by atoms with Gasteiger partial charge in [-0.1, -0.05) is 77.3 Å². The highest BCUT2D eigenvalue weighted by Gasteiger charge is 2.23. The van der Waals surface area contributed by atoms with Gasteiger partial charge in [-0.05, 0) is 68.1 Å². The number of aliphatic hydroxyl groups is 2. The number of carbonyl (C=O) groups is 1. The molecular formula is C35H54O6. The first-order chi connectivity index (χ1) is 19.9. The first-order valence-corrected chi connectivity index (χ1v) is 15.6. The lowest BCUT2D eigenvalue weighted by molar-refractivity contribution is -0.121. The van der Waals surface area contributed by atoms with Crippen LogP contribution in [-0.2, 0) is 20.7 Å². The Morgan fingerprint density at radius 3 is 2.20 bits per heavy atom. The summed E-state index contributed by atoms with van der Waals surface area (Å²) in [5.41, 5.74) is 2.01. The van der Waals surface area contributed by atoms with Crippen LogP contribution in [-0.4, -0.2) is 55.6 Å². The number of benzene rings is 1. The number of aryl methyl sites for hydroxylation is 1. The Kier molecular flexibility index (Phi) is 17.4. The van der Waals surface area contributed by atoms with Gasteiger partial charge in [0.2, 0.25) is 0 Å². The number of carbonyl (C=O) groups excluding carboxylic acids is 1. The third kappa shape index (κ3) is 14.4. The lowest BCUT2D eigenvalue weighted by Gasteiger charge is -2.29. The van der Waals surface area contributed by atoms with Crippen LogP contribution in [0.15, 0.2) is 60.9 Å². The fourth-order valence-corrected chi connectivity index (χ4v) is 5.31. The second-order valence-corrected chi connectivity index (χ2v) is 11.6. The molecule has 1 saturated carbocycles. The number of Topliss-reactive ketones (excluding diaryl/α,β-unsaturated/α-hetero) is 1. The summed E-state index contributed by atoms with van der Waals surface area (Å²) in [5.74, 6) is 2.62. The molecule has 230 valence electrons. The Hall–Kier alpha value is -2.41. The first-order valence-electron chi connectivity index (χ1n) is 15.6. The third-order valence-electron chi connectivity index (χ3n) is 8.22. The van der Waals surface area contributed by atoms with Crippen LogP contribution in [0.25, 0.3) is 0 Å². The number of aliphatic hydroxyl groups excluding tert-OH is 2. The average Bonchev–Trinajstić information content (AvgIpc) is 3.00. The van der Waals surface area contributed by atoms with Gasteiger partial charge in [0.05, 0.1) is 33.0 Å². The van der Waals surface area contributed by atoms with Gasteiger partial charge in [0.25, 0.3) is 0 Å². The van der Waals surface area contributed by atoms with Crippen molar-refractivity contribution >= 4 is 5.78 Å². The lowest BCUT2D eigenvalue weighted by atomic mass is 9.77. The zero-order valence-corrected chi connectivity index (χ0v) is 25.4. The standard InChI is InChI=1S/C35H54O6/c1-5-6-7-9-30-17-19-34(20-18-30)40-21-8-10-31-11-13-32(14-12-31)15-16-33(25-41-29(4)27(2)22-36)24-39-26-35(38)28(3)23-37/h17-20,31-33,36-37H,2-16,21-26H2,1H3. The van der Waals surface area contributed by atoms with Crippen LogP contribution in [0.3, 0.4) is 0 Å². The molecule has 6 nitrogen and oxygen atoms in total. The second kappa shape index (κ2) is 20.5. The summed E-state index contributed by atoms with van der Waals surface area (Å²) < 4.78 is 17.4. The predicted octanol–water partition coefficient (Wildman–Crippen LogP) is 6.99. The van der Waals surface area contributed by atoms with Gasteiger partial charge >= 0.3 is 0 Å². The topological polar surface area (TPSA) is 85.2 Å². The van der Waals surface area contributed by atoms with Crippen LogP contribution in [0.1, 0.15) is 83.1 Å². The molecule has 1 aliphatic carbocycles. The SMILES string of the molecule is C=C(CO)C(=C)OCC(CCC1CCC(CCCOc2ccc(CCCCC)cc2)CC1)COCC(=O)C(=C)CO. The number of rotatable bonds is 23. The van der Waals surface area contributed by atoms with E-state index in [4.69, 9.17) is 19.3 Å². The maximum absolute atomic E-state index is 11.9. The van der Waals surface area contributed by atoms with Gasteiger partial charge in [-0.3, -0.25) is 4.79 Å². The lowest BCUT2D eigenvalue weighted by Crippen LogP contribution is -2.22. The van der Waals surface area contributed by atoms with Gasteiger partial charge in [0.1, 0.15) is 18.1 Å². The maximum Gasteiger partial charge on any atom is 0.186 e. The maximum atomic E-state index is 11.9. The van der Waals surface area contributed by atoms with E-state index in [1.165, 1.54) is 56.9 Å². The zero-order chi connectivity index (χ0) is 29.9. The van der Waals surface area contributed by atoms with Crippen molar-refractivity contribution < 1.29 is 29.2 Å². The molecule has 1 unspecified atom stereocenters. The summed E-state index contributed by atoms with van der Waals surface area (Å²) in [5, 5.41) is 18.3. The van der Waals surface area contributed by atoms with E-state index in [1.807, 2.05) is 0 Å². The summed E-state index contributed by atoms with van der Waals surface area (Å²) in [4.78, 5) is 11.9. The minimum Gasteiger partial charge on any atom is -0.494 e. The van der Waals surface area contributed by atoms with Crippen LogP contribution < -0.4 is 4.74 Å². The van der Waals surface area contributed by atoms with Crippen LogP contribution in [0.2, 0.25) is 0 Å². The fraction of sp³-hybridized carbons (Fsp3) is 0.629. The first kappa shape index (κ1) is 34.8. The Bertz CT molecular complexity index is 913. The van der Waals surface area contributed by atoms with Gasteiger partial charge in [-0.2, -0.15) is 0 Å². The van der Waals surface area contributed by atoms with E-state index in [1.54, 1.807) is 0 Å². The van der Waals surface area contributed by atoms with Crippen LogP contribution in [0.5, 0.6) is 5.75 Å². The van der Waals surface area contributed by atoms with Gasteiger partial charge in [-0.25, -0.2) is 0 Å². The molecule has 1 atom stereocenters. The average molecular weight is 571 g/mol. The normalized spacial score (nSPS) is 17.5. The molecule has 6 heteroatoms. The molecule has 1 aromatic carbocycles. The number of hydrogen-bond donors (Lipinski definition) is 2. The molecule has 0 spiro atoms. The summed E-state index contributed by atoms with van der Waals surface area (Å²) in [7, 11) is 0. The van der Waals surface area contributed by atoms with Crippen molar-refractivity contribution in [1.82, 2.24) is 0 Å². The molecule has 0 aromatic heterocycles. The van der Waals surface area contributed by atoms with Crippen molar-refractivity contribution in [2.24, 2.45) is 17.8 Å². The van der Waals surface area contributed by atoms with Gasteiger partial charge < -0.3 is 24.4 Å². The largest absolute Gasteiger partial charge is 0.494 e. The second-order valence-electron chi connectivity index (χ2n) is 11.6. The summed E-state index contributed by atoms with van der Waals surface area (Å²) >= 11 is 0. The molecule has 0 saturated heterocycles. The molecule has 1 aliphatic rings. The number of ketones is 1. The number of unbranched alkanes of at least 4 members (excludes halogenated alkanes) is 2. The molecule has 41 heavy (non-hydrogen) atoms. The molecule has 0 heterocycles. The van der Waals surface area contributed by atoms with Crippen LogP contribution in [0.4, 0.5) is 0 Å². The minimum atomic E-state index is -0.361. The van der Waals surface area contributed by atoms with E-state index in [2.05, 4.69) is 50.9 Å². The molecule has 2 N–H and O–H groups in total. The fourth-order valence-electron chi connectivity index (χ4n) is 5.31. The smallest absolute Gasteiger partial charge is 0.186 e.